The molecule has 0 spiro atoms. The van der Waals surface area contributed by atoms with Gasteiger partial charge in [0, 0.05) is 18.5 Å². The monoisotopic (exact) mass is 326 g/mol. The van der Waals surface area contributed by atoms with Crippen molar-refractivity contribution >= 4 is 17.2 Å². The number of rotatable bonds is 6. The highest BCUT2D eigenvalue weighted by molar-refractivity contribution is 7.13. The molecule has 0 aliphatic carbocycles. The van der Waals surface area contributed by atoms with E-state index in [1.165, 1.54) is 5.56 Å². The van der Waals surface area contributed by atoms with Crippen LogP contribution in [0, 0.1) is 0 Å². The number of carbonyl (C=O) groups excluding carboxylic acids is 1. The first kappa shape index (κ1) is 15.5. The van der Waals surface area contributed by atoms with Gasteiger partial charge in [0.05, 0.1) is 4.88 Å². The minimum absolute atomic E-state index is 0.203. The minimum Gasteiger partial charge on any atom is -0.355 e. The molecule has 118 valence electrons. The number of amides is 1. The fraction of sp³-hybridized carbons (Fsp3) is 0.222. The highest BCUT2D eigenvalue weighted by atomic mass is 32.1. The van der Waals surface area contributed by atoms with Gasteiger partial charge in [0.2, 0.25) is 0 Å². The normalized spacial score (nSPS) is 12.0. The number of nitrogens with one attached hydrogen (secondary N) is 1. The van der Waals surface area contributed by atoms with Gasteiger partial charge in [0.25, 0.3) is 5.91 Å². The Kier molecular flexibility index (Phi) is 4.88. The molecule has 1 N–H and O–H groups in total. The molecule has 1 amide bonds. The molecule has 2 heterocycles. The van der Waals surface area contributed by atoms with Gasteiger partial charge >= 0.3 is 0 Å². The lowest BCUT2D eigenvalue weighted by Gasteiger charge is -2.15. The number of nitrogens with zero attached hydrogens (tertiary/aromatic N) is 1. The molecule has 4 nitrogen and oxygen atoms in total. The van der Waals surface area contributed by atoms with Gasteiger partial charge in [0.1, 0.15) is 0 Å². The van der Waals surface area contributed by atoms with Gasteiger partial charge in [-0.3, -0.25) is 4.79 Å². The van der Waals surface area contributed by atoms with Crippen molar-refractivity contribution < 1.29 is 9.32 Å². The van der Waals surface area contributed by atoms with Crippen LogP contribution in [0.25, 0.3) is 10.6 Å². The number of carbonyl (C=O) groups is 1. The van der Waals surface area contributed by atoms with Crippen LogP contribution in [0.2, 0.25) is 0 Å². The van der Waals surface area contributed by atoms with Crippen LogP contribution < -0.4 is 5.32 Å². The Morgan fingerprint density at radius 3 is 2.78 bits per heavy atom. The fourth-order valence-electron chi connectivity index (χ4n) is 2.45. The minimum atomic E-state index is -0.203. The molecule has 1 atom stereocenters. The van der Waals surface area contributed by atoms with E-state index in [-0.39, 0.29) is 5.91 Å². The van der Waals surface area contributed by atoms with Crippen molar-refractivity contribution in [3.05, 3.63) is 65.2 Å². The molecule has 23 heavy (non-hydrogen) atoms. The van der Waals surface area contributed by atoms with Crippen molar-refractivity contribution in [2.45, 2.75) is 19.3 Å². The van der Waals surface area contributed by atoms with Crippen molar-refractivity contribution in [3.63, 3.8) is 0 Å². The molecule has 5 heteroatoms. The zero-order valence-corrected chi connectivity index (χ0v) is 13.7. The molecule has 0 fully saturated rings. The first-order valence-corrected chi connectivity index (χ1v) is 8.49. The number of thiophene rings is 1. The lowest BCUT2D eigenvalue weighted by Crippen LogP contribution is -2.28. The largest absolute Gasteiger partial charge is 0.355 e. The molecular weight excluding hydrogens is 308 g/mol. The highest BCUT2D eigenvalue weighted by Gasteiger charge is 2.16. The van der Waals surface area contributed by atoms with Crippen LogP contribution in [-0.4, -0.2) is 17.6 Å². The lowest BCUT2D eigenvalue weighted by atomic mass is 9.96. The summed E-state index contributed by atoms with van der Waals surface area (Å²) in [6.45, 7) is 2.70. The number of hydrogen-bond donors (Lipinski definition) is 1. The third-order valence-corrected chi connectivity index (χ3v) is 4.66. The second kappa shape index (κ2) is 7.24. The van der Waals surface area contributed by atoms with E-state index in [4.69, 9.17) is 4.52 Å². The summed E-state index contributed by atoms with van der Waals surface area (Å²) in [5.74, 6) is 0.718. The van der Waals surface area contributed by atoms with Crippen LogP contribution in [0.3, 0.4) is 0 Å². The summed E-state index contributed by atoms with van der Waals surface area (Å²) in [5, 5.41) is 8.78. The second-order valence-corrected chi connectivity index (χ2v) is 6.23. The van der Waals surface area contributed by atoms with E-state index in [1.54, 1.807) is 17.4 Å². The Bertz CT molecular complexity index is 750. The van der Waals surface area contributed by atoms with E-state index in [1.807, 2.05) is 35.7 Å². The molecule has 0 saturated carbocycles. The maximum Gasteiger partial charge on any atom is 0.273 e. The summed E-state index contributed by atoms with van der Waals surface area (Å²) < 4.78 is 5.25. The van der Waals surface area contributed by atoms with Crippen LogP contribution in [0.1, 0.15) is 35.3 Å². The summed E-state index contributed by atoms with van der Waals surface area (Å²) in [7, 11) is 0. The fourth-order valence-corrected chi connectivity index (χ4v) is 3.12. The number of hydrogen-bond acceptors (Lipinski definition) is 4. The molecule has 0 unspecified atom stereocenters. The van der Waals surface area contributed by atoms with Gasteiger partial charge in [-0.15, -0.1) is 11.3 Å². The quantitative estimate of drug-likeness (QED) is 0.733. The van der Waals surface area contributed by atoms with Crippen LogP contribution in [0.15, 0.2) is 58.4 Å². The van der Waals surface area contributed by atoms with Crippen molar-refractivity contribution in [1.82, 2.24) is 10.5 Å². The third-order valence-electron chi connectivity index (χ3n) is 3.78. The number of aromatic nitrogens is 1. The van der Waals surface area contributed by atoms with E-state index in [9.17, 15) is 4.79 Å². The van der Waals surface area contributed by atoms with Crippen LogP contribution in [0.5, 0.6) is 0 Å². The Balaban J connectivity index is 1.63. The molecule has 0 saturated heterocycles. The van der Waals surface area contributed by atoms with Crippen molar-refractivity contribution in [2.75, 3.05) is 6.54 Å². The number of benzene rings is 1. The van der Waals surface area contributed by atoms with E-state index in [2.05, 4.69) is 29.5 Å². The standard InChI is InChI=1S/C18H18N2O2S/c1-2-13(14-7-4-3-5-8-14)12-19-18(21)15-11-16(22-20-15)17-9-6-10-23-17/h3-11,13H,2,12H2,1H3,(H,19,21)/t13-/m1/s1. The van der Waals surface area contributed by atoms with Crippen LogP contribution in [0.4, 0.5) is 0 Å². The highest BCUT2D eigenvalue weighted by Crippen LogP contribution is 2.25. The SMILES string of the molecule is CC[C@H](CNC(=O)c1cc(-c2cccs2)on1)c1ccccc1. The van der Waals surface area contributed by atoms with Gasteiger partial charge in [-0.1, -0.05) is 48.5 Å². The summed E-state index contributed by atoms with van der Waals surface area (Å²) in [4.78, 5) is 13.2. The second-order valence-electron chi connectivity index (χ2n) is 5.28. The smallest absolute Gasteiger partial charge is 0.273 e. The van der Waals surface area contributed by atoms with Crippen molar-refractivity contribution in [1.29, 1.82) is 0 Å². The summed E-state index contributed by atoms with van der Waals surface area (Å²) >= 11 is 1.55. The molecule has 0 aliphatic rings. The Morgan fingerprint density at radius 1 is 1.26 bits per heavy atom. The average molecular weight is 326 g/mol. The molecule has 3 aromatic rings. The van der Waals surface area contributed by atoms with Gasteiger partial charge in [-0.25, -0.2) is 0 Å². The zero-order chi connectivity index (χ0) is 16.1. The third kappa shape index (κ3) is 3.68. The molecule has 1 aromatic carbocycles. The van der Waals surface area contributed by atoms with Gasteiger partial charge < -0.3 is 9.84 Å². The van der Waals surface area contributed by atoms with Gasteiger partial charge in [-0.05, 0) is 23.4 Å². The predicted molar refractivity (Wildman–Crippen MR) is 91.6 cm³/mol. The first-order chi connectivity index (χ1) is 11.3. The van der Waals surface area contributed by atoms with Crippen molar-refractivity contribution in [3.8, 4) is 10.6 Å². The van der Waals surface area contributed by atoms with E-state index in [0.29, 0.717) is 23.9 Å². The van der Waals surface area contributed by atoms with Gasteiger partial charge in [0.15, 0.2) is 11.5 Å². The molecule has 0 aliphatic heterocycles. The van der Waals surface area contributed by atoms with E-state index in [0.717, 1.165) is 11.3 Å². The van der Waals surface area contributed by atoms with Crippen molar-refractivity contribution in [2.24, 2.45) is 0 Å². The van der Waals surface area contributed by atoms with Gasteiger partial charge in [-0.2, -0.15) is 0 Å². The summed E-state index contributed by atoms with van der Waals surface area (Å²) in [6, 6.07) is 15.8. The van der Waals surface area contributed by atoms with E-state index >= 15 is 0 Å². The van der Waals surface area contributed by atoms with Crippen LogP contribution in [-0.2, 0) is 0 Å². The average Bonchev–Trinajstić information content (AvgIpc) is 3.27. The Morgan fingerprint density at radius 2 is 2.09 bits per heavy atom. The molecule has 2 aromatic heterocycles. The molecule has 0 radical (unpaired) electrons. The molecule has 3 rings (SSSR count). The summed E-state index contributed by atoms with van der Waals surface area (Å²) in [5.41, 5.74) is 1.55. The maximum absolute atomic E-state index is 12.2. The lowest BCUT2D eigenvalue weighted by molar-refractivity contribution is 0.0942. The zero-order valence-electron chi connectivity index (χ0n) is 12.9. The summed E-state index contributed by atoms with van der Waals surface area (Å²) in [6.07, 6.45) is 0.962. The predicted octanol–water partition coefficient (Wildman–Crippen LogP) is 4.33. The topological polar surface area (TPSA) is 55.1 Å². The maximum atomic E-state index is 12.2. The molecule has 0 bridgehead atoms. The molecular formula is C18H18N2O2S. The Labute approximate surface area is 139 Å². The van der Waals surface area contributed by atoms with E-state index < -0.39 is 0 Å². The first-order valence-electron chi connectivity index (χ1n) is 7.61. The Hall–Kier alpha value is -2.40. The van der Waals surface area contributed by atoms with Crippen LogP contribution >= 0.6 is 11.3 Å².